The molecule has 0 aromatic heterocycles. The summed E-state index contributed by atoms with van der Waals surface area (Å²) in [6.45, 7) is 5.64. The Balaban J connectivity index is 2.45. The van der Waals surface area contributed by atoms with Crippen LogP contribution in [0.15, 0.2) is 0 Å². The Bertz CT molecular complexity index is 332. The largest absolute Gasteiger partial charge is 0.320 e. The van der Waals surface area contributed by atoms with Gasteiger partial charge in [-0.2, -0.15) is 0 Å². The summed E-state index contributed by atoms with van der Waals surface area (Å²) in [4.78, 5) is 2.37. The molecule has 18 heavy (non-hydrogen) atoms. The van der Waals surface area contributed by atoms with Gasteiger partial charge in [0.25, 0.3) is 0 Å². The van der Waals surface area contributed by atoms with E-state index in [1.807, 2.05) is 7.05 Å². The van der Waals surface area contributed by atoms with Gasteiger partial charge in [0.2, 0.25) is 10.0 Å². The lowest BCUT2D eigenvalue weighted by Gasteiger charge is -2.27. The van der Waals surface area contributed by atoms with Crippen molar-refractivity contribution in [2.24, 2.45) is 0 Å². The number of nitrogens with zero attached hydrogens (tertiary/aromatic N) is 2. The summed E-state index contributed by atoms with van der Waals surface area (Å²) in [5.74, 6) is 0.239. The summed E-state index contributed by atoms with van der Waals surface area (Å²) in [6.07, 6.45) is 2.97. The van der Waals surface area contributed by atoms with Gasteiger partial charge in [-0.05, 0) is 45.9 Å². The smallest absolute Gasteiger partial charge is 0.213 e. The second-order valence-corrected chi connectivity index (χ2v) is 7.17. The van der Waals surface area contributed by atoms with E-state index in [4.69, 9.17) is 0 Å². The Morgan fingerprint density at radius 2 is 2.17 bits per heavy atom. The fraction of sp³-hybridized carbons (Fsp3) is 1.00. The zero-order valence-corrected chi connectivity index (χ0v) is 12.7. The van der Waals surface area contributed by atoms with Crippen molar-refractivity contribution < 1.29 is 8.42 Å². The van der Waals surface area contributed by atoms with Crippen LogP contribution in [0.4, 0.5) is 0 Å². The van der Waals surface area contributed by atoms with Crippen LogP contribution in [-0.4, -0.2) is 69.7 Å². The van der Waals surface area contributed by atoms with Gasteiger partial charge in [0.1, 0.15) is 0 Å². The summed E-state index contributed by atoms with van der Waals surface area (Å²) in [5.41, 5.74) is 0. The molecule has 1 saturated heterocycles. The molecule has 1 rings (SSSR count). The summed E-state index contributed by atoms with van der Waals surface area (Å²) in [7, 11) is 0.465. The molecule has 0 bridgehead atoms. The minimum atomic E-state index is -3.08. The molecule has 1 fully saturated rings. The van der Waals surface area contributed by atoms with Gasteiger partial charge >= 0.3 is 0 Å². The molecule has 5 nitrogen and oxygen atoms in total. The predicted molar refractivity (Wildman–Crippen MR) is 75.2 cm³/mol. The molecular formula is C12H27N3O2S. The maximum atomic E-state index is 12.1. The first-order chi connectivity index (χ1) is 8.51. The van der Waals surface area contributed by atoms with Crippen LogP contribution in [0.1, 0.15) is 26.2 Å². The summed E-state index contributed by atoms with van der Waals surface area (Å²) in [5, 5.41) is 2.98. The second-order valence-electron chi connectivity index (χ2n) is 4.98. The molecule has 0 aromatic carbocycles. The van der Waals surface area contributed by atoms with Crippen molar-refractivity contribution in [1.29, 1.82) is 0 Å². The highest BCUT2D eigenvalue weighted by molar-refractivity contribution is 7.89. The Morgan fingerprint density at radius 1 is 1.44 bits per heavy atom. The third-order valence-electron chi connectivity index (χ3n) is 3.68. The standard InChI is InChI=1S/C12H27N3O2S/c1-4-15-9-5-7-12(15)11-14(3)18(16,17)10-6-8-13-2/h12-13H,4-11H2,1-3H3. The van der Waals surface area contributed by atoms with E-state index < -0.39 is 10.0 Å². The molecule has 0 radical (unpaired) electrons. The number of nitrogens with one attached hydrogen (secondary N) is 1. The maximum Gasteiger partial charge on any atom is 0.213 e. The maximum absolute atomic E-state index is 12.1. The number of sulfonamides is 1. The monoisotopic (exact) mass is 277 g/mol. The molecule has 0 saturated carbocycles. The number of hydrogen-bond acceptors (Lipinski definition) is 4. The van der Waals surface area contributed by atoms with Crippen LogP contribution < -0.4 is 5.32 Å². The average Bonchev–Trinajstić information content (AvgIpc) is 2.76. The van der Waals surface area contributed by atoms with E-state index in [9.17, 15) is 8.42 Å². The number of rotatable bonds is 8. The molecule has 1 N–H and O–H groups in total. The van der Waals surface area contributed by atoms with Gasteiger partial charge in [0.15, 0.2) is 0 Å². The zero-order chi connectivity index (χ0) is 13.6. The normalized spacial score (nSPS) is 21.9. The van der Waals surface area contributed by atoms with Gasteiger partial charge in [-0.25, -0.2) is 12.7 Å². The lowest BCUT2D eigenvalue weighted by molar-refractivity contribution is 0.237. The quantitative estimate of drug-likeness (QED) is 0.650. The van der Waals surface area contributed by atoms with Crippen LogP contribution in [0.25, 0.3) is 0 Å². The van der Waals surface area contributed by atoms with Crippen LogP contribution in [-0.2, 0) is 10.0 Å². The van der Waals surface area contributed by atoms with E-state index in [0.29, 0.717) is 19.0 Å². The van der Waals surface area contributed by atoms with E-state index in [0.717, 1.165) is 26.1 Å². The number of likely N-dealkylation sites (N-methyl/N-ethyl adjacent to an activating group) is 2. The zero-order valence-electron chi connectivity index (χ0n) is 11.9. The van der Waals surface area contributed by atoms with Gasteiger partial charge < -0.3 is 5.32 Å². The highest BCUT2D eigenvalue weighted by atomic mass is 32.2. The van der Waals surface area contributed by atoms with Crippen molar-refractivity contribution >= 4 is 10.0 Å². The predicted octanol–water partition coefficient (Wildman–Crippen LogP) is 0.342. The van der Waals surface area contributed by atoms with E-state index in [2.05, 4.69) is 17.1 Å². The summed E-state index contributed by atoms with van der Waals surface area (Å²) >= 11 is 0. The molecule has 0 spiro atoms. The SMILES string of the molecule is CCN1CCCC1CN(C)S(=O)(=O)CCCNC. The topological polar surface area (TPSA) is 52.7 Å². The lowest BCUT2D eigenvalue weighted by atomic mass is 10.2. The highest BCUT2D eigenvalue weighted by Gasteiger charge is 2.27. The van der Waals surface area contributed by atoms with Gasteiger partial charge in [-0.1, -0.05) is 6.92 Å². The van der Waals surface area contributed by atoms with E-state index in [1.54, 1.807) is 11.4 Å². The van der Waals surface area contributed by atoms with Crippen LogP contribution in [0.2, 0.25) is 0 Å². The van der Waals surface area contributed by atoms with Crippen molar-refractivity contribution in [3.05, 3.63) is 0 Å². The average molecular weight is 277 g/mol. The molecule has 1 aliphatic heterocycles. The summed E-state index contributed by atoms with van der Waals surface area (Å²) in [6, 6.07) is 0.402. The first-order valence-corrected chi connectivity index (χ1v) is 8.45. The second kappa shape index (κ2) is 7.43. The van der Waals surface area contributed by atoms with Gasteiger partial charge in [-0.15, -0.1) is 0 Å². The summed E-state index contributed by atoms with van der Waals surface area (Å²) < 4.78 is 25.7. The van der Waals surface area contributed by atoms with E-state index >= 15 is 0 Å². The fourth-order valence-electron chi connectivity index (χ4n) is 2.52. The first-order valence-electron chi connectivity index (χ1n) is 6.84. The van der Waals surface area contributed by atoms with Gasteiger partial charge in [-0.3, -0.25) is 4.90 Å². The fourth-order valence-corrected chi connectivity index (χ4v) is 3.74. The van der Waals surface area contributed by atoms with Crippen LogP contribution in [0, 0.1) is 0 Å². The molecule has 0 aromatic rings. The van der Waals surface area contributed by atoms with Crippen LogP contribution in [0.5, 0.6) is 0 Å². The molecule has 1 atom stereocenters. The van der Waals surface area contributed by atoms with E-state index in [-0.39, 0.29) is 5.75 Å². The van der Waals surface area contributed by atoms with Crippen molar-refractivity contribution in [2.75, 3.05) is 46.0 Å². The Hall–Kier alpha value is -0.170. The first kappa shape index (κ1) is 15.9. The van der Waals surface area contributed by atoms with Crippen molar-refractivity contribution in [3.8, 4) is 0 Å². The molecule has 1 heterocycles. The molecule has 1 unspecified atom stereocenters. The van der Waals surface area contributed by atoms with Gasteiger partial charge in [0, 0.05) is 19.6 Å². The van der Waals surface area contributed by atoms with Crippen LogP contribution >= 0.6 is 0 Å². The third-order valence-corrected chi connectivity index (χ3v) is 5.58. The van der Waals surface area contributed by atoms with Crippen LogP contribution in [0.3, 0.4) is 0 Å². The number of likely N-dealkylation sites (tertiary alicyclic amines) is 1. The molecule has 0 amide bonds. The number of hydrogen-bond donors (Lipinski definition) is 1. The van der Waals surface area contributed by atoms with Crippen molar-refractivity contribution in [1.82, 2.24) is 14.5 Å². The highest BCUT2D eigenvalue weighted by Crippen LogP contribution is 2.18. The lowest BCUT2D eigenvalue weighted by Crippen LogP contribution is -2.42. The molecular weight excluding hydrogens is 250 g/mol. The third kappa shape index (κ3) is 4.50. The Labute approximate surface area is 112 Å². The minimum absolute atomic E-state index is 0.239. The minimum Gasteiger partial charge on any atom is -0.320 e. The Morgan fingerprint density at radius 3 is 2.78 bits per heavy atom. The van der Waals surface area contributed by atoms with Crippen molar-refractivity contribution in [3.63, 3.8) is 0 Å². The van der Waals surface area contributed by atoms with E-state index in [1.165, 1.54) is 6.42 Å². The molecule has 1 aliphatic rings. The van der Waals surface area contributed by atoms with Crippen molar-refractivity contribution in [2.45, 2.75) is 32.2 Å². The molecule has 108 valence electrons. The molecule has 0 aliphatic carbocycles. The van der Waals surface area contributed by atoms with Gasteiger partial charge in [0.05, 0.1) is 5.75 Å². The Kier molecular flexibility index (Phi) is 6.55. The molecule has 6 heteroatoms.